The summed E-state index contributed by atoms with van der Waals surface area (Å²) < 4.78 is 24.0. The van der Waals surface area contributed by atoms with E-state index in [1.807, 2.05) is 19.9 Å². The topological polar surface area (TPSA) is 129 Å². The Morgan fingerprint density at radius 3 is 2.44 bits per heavy atom. The maximum absolute atomic E-state index is 14.2. The molecule has 1 amide bonds. The largest absolute Gasteiger partial charge is 0.460 e. The lowest BCUT2D eigenvalue weighted by Gasteiger charge is -2.45. The SMILES string of the molecule is C=C/C=C1\C=C(/C)CCCC[C@H]2O[C@@](O)(C(=O)C(=O)N3CCCCC3C(=O)O[C@H](C(C)CC3CCC[C@H](OC)C3)[C@H](C)CCC1=O)[C@H](C)C[C@@H]2OC. The smallest absolute Gasteiger partial charge is 0.329 e. The quantitative estimate of drug-likeness (QED) is 0.178. The fraction of sp³-hybridized carbons (Fsp3) is 0.762. The lowest BCUT2D eigenvalue weighted by Crippen LogP contribution is -2.62. The fourth-order valence-corrected chi connectivity index (χ4v) is 8.99. The number of rotatable bonds is 6. The fourth-order valence-electron chi connectivity index (χ4n) is 8.99. The zero-order valence-corrected chi connectivity index (χ0v) is 32.6. The molecule has 1 aliphatic carbocycles. The van der Waals surface area contributed by atoms with Crippen LogP contribution in [0.2, 0.25) is 0 Å². The first-order chi connectivity index (χ1) is 24.8. The van der Waals surface area contributed by atoms with E-state index in [1.54, 1.807) is 33.3 Å². The highest BCUT2D eigenvalue weighted by atomic mass is 16.7. The molecule has 10 nitrogen and oxygen atoms in total. The summed E-state index contributed by atoms with van der Waals surface area (Å²) >= 11 is 0. The summed E-state index contributed by atoms with van der Waals surface area (Å²) in [6, 6.07) is -0.962. The molecule has 52 heavy (non-hydrogen) atoms. The maximum atomic E-state index is 14.2. The molecule has 10 heteroatoms. The Kier molecular flexibility index (Phi) is 15.9. The van der Waals surface area contributed by atoms with Gasteiger partial charge < -0.3 is 29.0 Å². The first-order valence-electron chi connectivity index (χ1n) is 19.9. The van der Waals surface area contributed by atoms with E-state index in [0.717, 1.165) is 56.9 Å². The summed E-state index contributed by atoms with van der Waals surface area (Å²) in [5, 5.41) is 11.8. The van der Waals surface area contributed by atoms with Gasteiger partial charge >= 0.3 is 5.97 Å². The zero-order chi connectivity index (χ0) is 38.0. The highest BCUT2D eigenvalue weighted by Gasteiger charge is 2.55. The molecular formula is C42H65NO9. The number of fused-ring (bicyclic) bond motifs is 3. The van der Waals surface area contributed by atoms with Crippen molar-refractivity contribution in [2.75, 3.05) is 20.8 Å². The number of esters is 1. The summed E-state index contributed by atoms with van der Waals surface area (Å²) in [6.45, 7) is 11.9. The molecule has 0 radical (unpaired) electrons. The van der Waals surface area contributed by atoms with Gasteiger partial charge in [0, 0.05) is 38.7 Å². The van der Waals surface area contributed by atoms with Crippen LogP contribution in [0.15, 0.2) is 36.0 Å². The third-order valence-corrected chi connectivity index (χ3v) is 12.2. The van der Waals surface area contributed by atoms with E-state index in [4.69, 9.17) is 18.9 Å². The van der Waals surface area contributed by atoms with Crippen molar-refractivity contribution in [1.29, 1.82) is 0 Å². The average Bonchev–Trinajstić information content (AvgIpc) is 3.14. The van der Waals surface area contributed by atoms with Crippen molar-refractivity contribution in [3.05, 3.63) is 36.0 Å². The first-order valence-corrected chi connectivity index (χ1v) is 19.9. The van der Waals surface area contributed by atoms with Crippen molar-refractivity contribution in [2.45, 2.75) is 160 Å². The minimum Gasteiger partial charge on any atom is -0.460 e. The molecule has 1 saturated carbocycles. The Balaban J connectivity index is 1.67. The molecule has 4 aliphatic rings. The Hall–Kier alpha value is -2.66. The van der Waals surface area contributed by atoms with Crippen molar-refractivity contribution in [2.24, 2.45) is 23.7 Å². The average molecular weight is 728 g/mol. The Labute approximate surface area is 311 Å². The summed E-state index contributed by atoms with van der Waals surface area (Å²) in [6.07, 6.45) is 14.7. The predicted octanol–water partition coefficient (Wildman–Crippen LogP) is 6.83. The van der Waals surface area contributed by atoms with E-state index in [1.165, 1.54) is 4.90 Å². The molecule has 0 spiro atoms. The molecule has 3 aliphatic heterocycles. The second kappa shape index (κ2) is 19.6. The summed E-state index contributed by atoms with van der Waals surface area (Å²) in [7, 11) is 3.34. The molecule has 3 heterocycles. The van der Waals surface area contributed by atoms with Crippen LogP contribution in [-0.4, -0.2) is 90.5 Å². The van der Waals surface area contributed by atoms with Gasteiger partial charge in [0.2, 0.25) is 5.79 Å². The van der Waals surface area contributed by atoms with Gasteiger partial charge in [0.15, 0.2) is 5.78 Å². The lowest BCUT2D eigenvalue weighted by molar-refractivity contribution is -0.286. The van der Waals surface area contributed by atoms with Crippen LogP contribution in [0.25, 0.3) is 0 Å². The van der Waals surface area contributed by atoms with Gasteiger partial charge in [0.1, 0.15) is 12.1 Å². The molecule has 0 aromatic carbocycles. The predicted molar refractivity (Wildman–Crippen MR) is 199 cm³/mol. The van der Waals surface area contributed by atoms with Crippen molar-refractivity contribution >= 4 is 23.4 Å². The van der Waals surface area contributed by atoms with Gasteiger partial charge in [-0.05, 0) is 95.3 Å². The first kappa shape index (κ1) is 42.1. The molecule has 292 valence electrons. The van der Waals surface area contributed by atoms with Crippen LogP contribution in [0.1, 0.15) is 124 Å². The number of ketones is 2. The third kappa shape index (κ3) is 10.5. The van der Waals surface area contributed by atoms with Crippen LogP contribution >= 0.6 is 0 Å². The number of allylic oxidation sites excluding steroid dienone is 5. The molecule has 0 aromatic heterocycles. The number of ether oxygens (including phenoxy) is 4. The minimum atomic E-state index is -2.34. The normalized spacial score (nSPS) is 37.6. The molecule has 0 aromatic rings. The van der Waals surface area contributed by atoms with Gasteiger partial charge in [-0.3, -0.25) is 14.4 Å². The second-order valence-electron chi connectivity index (χ2n) is 16.1. The Bertz CT molecular complexity index is 1320. The number of Topliss-reactive ketones (excluding diaryl/α,β-unsaturated/α-hetero) is 2. The van der Waals surface area contributed by atoms with Crippen molar-refractivity contribution in [3.63, 3.8) is 0 Å². The maximum Gasteiger partial charge on any atom is 0.329 e. The Morgan fingerprint density at radius 1 is 0.981 bits per heavy atom. The van der Waals surface area contributed by atoms with E-state index in [9.17, 15) is 24.3 Å². The summed E-state index contributed by atoms with van der Waals surface area (Å²) in [5.74, 6) is -5.29. The molecule has 3 fully saturated rings. The zero-order valence-electron chi connectivity index (χ0n) is 32.6. The van der Waals surface area contributed by atoms with E-state index < -0.39 is 47.6 Å². The number of carbonyl (C=O) groups excluding carboxylic acids is 4. The van der Waals surface area contributed by atoms with Gasteiger partial charge in [-0.25, -0.2) is 4.79 Å². The van der Waals surface area contributed by atoms with Gasteiger partial charge in [-0.2, -0.15) is 0 Å². The number of hydrogen-bond acceptors (Lipinski definition) is 9. The molecule has 10 atom stereocenters. The highest BCUT2D eigenvalue weighted by molar-refractivity contribution is 6.39. The molecule has 1 N–H and O–H groups in total. The number of nitrogens with zero attached hydrogens (tertiary/aromatic N) is 1. The van der Waals surface area contributed by atoms with E-state index in [2.05, 4.69) is 13.5 Å². The number of amides is 1. The molecule has 3 unspecified atom stereocenters. The Morgan fingerprint density at radius 2 is 1.73 bits per heavy atom. The van der Waals surface area contributed by atoms with Crippen LogP contribution < -0.4 is 0 Å². The summed E-state index contributed by atoms with van der Waals surface area (Å²) in [4.78, 5) is 57.1. The van der Waals surface area contributed by atoms with Crippen molar-refractivity contribution < 1.29 is 43.2 Å². The standard InChI is InChI=1S/C42H65NO9/c1-8-14-32-23-27(2)15-9-10-19-36-37(50-7)25-30(5)42(48,52-36)39(45)40(46)43-22-12-11-18-34(43)41(47)51-38(28(3)20-21-35(32)44)29(4)24-31-16-13-17-33(26-31)49-6/h8,14,23,28-31,33-34,36-38,48H,1,9-13,15-22,24-26H2,2-7H3/b27-23+,32-14+/t28-,29?,30-,31?,33+,34?,36-,37+,38+,42-/m1/s1. The van der Waals surface area contributed by atoms with Crippen LogP contribution in [0, 0.1) is 23.7 Å². The van der Waals surface area contributed by atoms with Crippen molar-refractivity contribution in [3.8, 4) is 0 Å². The third-order valence-electron chi connectivity index (χ3n) is 12.2. The number of cyclic esters (lactones) is 1. The summed E-state index contributed by atoms with van der Waals surface area (Å²) in [5.41, 5.74) is 1.65. The van der Waals surface area contributed by atoms with E-state index in [-0.39, 0.29) is 42.8 Å². The van der Waals surface area contributed by atoms with E-state index in [0.29, 0.717) is 50.0 Å². The van der Waals surface area contributed by atoms with Crippen LogP contribution in [0.4, 0.5) is 0 Å². The molecular weight excluding hydrogens is 662 g/mol. The van der Waals surface area contributed by atoms with Gasteiger partial charge in [0.05, 0.1) is 18.3 Å². The van der Waals surface area contributed by atoms with Gasteiger partial charge in [0.25, 0.3) is 11.7 Å². The van der Waals surface area contributed by atoms with Crippen LogP contribution in [0.5, 0.6) is 0 Å². The van der Waals surface area contributed by atoms with Gasteiger partial charge in [-0.1, -0.05) is 70.4 Å². The molecule has 2 saturated heterocycles. The van der Waals surface area contributed by atoms with E-state index >= 15 is 0 Å². The number of aliphatic hydroxyl groups is 1. The van der Waals surface area contributed by atoms with Crippen molar-refractivity contribution in [1.82, 2.24) is 4.90 Å². The monoisotopic (exact) mass is 727 g/mol. The number of piperidine rings is 1. The number of carbonyl (C=O) groups is 4. The van der Waals surface area contributed by atoms with Crippen LogP contribution in [0.3, 0.4) is 0 Å². The molecule has 4 rings (SSSR count). The minimum absolute atomic E-state index is 0.0134. The highest BCUT2D eigenvalue weighted by Crippen LogP contribution is 2.38. The van der Waals surface area contributed by atoms with Gasteiger partial charge in [-0.15, -0.1) is 0 Å². The molecule has 2 bridgehead atoms. The lowest BCUT2D eigenvalue weighted by atomic mass is 9.78. The second-order valence-corrected chi connectivity index (χ2v) is 16.1. The number of hydrogen-bond donors (Lipinski definition) is 1. The number of methoxy groups -OCH3 is 2. The van der Waals surface area contributed by atoms with Crippen LogP contribution in [-0.2, 0) is 38.1 Å².